The minimum Gasteiger partial charge on any atom is -0.493 e. The van der Waals surface area contributed by atoms with Crippen LogP contribution in [0.25, 0.3) is 0 Å². The quantitative estimate of drug-likeness (QED) is 0.399. The number of aliphatic imine (C=N–C) groups is 1. The van der Waals surface area contributed by atoms with E-state index in [0.29, 0.717) is 27.7 Å². The Hall–Kier alpha value is -3.53. The third kappa shape index (κ3) is 5.04. The monoisotopic (exact) mass is 519 g/mol. The van der Waals surface area contributed by atoms with E-state index in [1.54, 1.807) is 36.4 Å². The minimum absolute atomic E-state index is 0.0297. The Balaban J connectivity index is 1.77. The average molecular weight is 520 g/mol. The highest BCUT2D eigenvalue weighted by Gasteiger charge is 2.34. The largest absolute Gasteiger partial charge is 0.493 e. The van der Waals surface area contributed by atoms with Gasteiger partial charge in [0.2, 0.25) is 11.6 Å². The first-order valence-electron chi connectivity index (χ1n) is 10.9. The van der Waals surface area contributed by atoms with E-state index in [0.717, 1.165) is 17.7 Å². The zero-order valence-corrected chi connectivity index (χ0v) is 20.8. The Bertz CT molecular complexity index is 1300. The second-order valence-corrected chi connectivity index (χ2v) is 9.46. The number of ether oxygens (including phenoxy) is 4. The van der Waals surface area contributed by atoms with Gasteiger partial charge in [0, 0.05) is 4.90 Å². The van der Waals surface area contributed by atoms with Crippen LogP contribution in [0.5, 0.6) is 17.2 Å². The van der Waals surface area contributed by atoms with Crippen LogP contribution < -0.4 is 14.2 Å². The molecular formula is C26H24F3NO5S. The minimum atomic E-state index is -4.60. The van der Waals surface area contributed by atoms with Crippen LogP contribution in [0.3, 0.4) is 0 Å². The van der Waals surface area contributed by atoms with Crippen LogP contribution in [0.1, 0.15) is 28.3 Å². The highest BCUT2D eigenvalue weighted by Crippen LogP contribution is 2.41. The lowest BCUT2D eigenvalue weighted by Crippen LogP contribution is -2.11. The third-order valence-electron chi connectivity index (χ3n) is 5.70. The van der Waals surface area contributed by atoms with Gasteiger partial charge in [-0.15, -0.1) is 0 Å². The lowest BCUT2D eigenvalue weighted by molar-refractivity contribution is -0.137. The van der Waals surface area contributed by atoms with Crippen molar-refractivity contribution in [2.24, 2.45) is 4.99 Å². The summed E-state index contributed by atoms with van der Waals surface area (Å²) in [6.07, 6.45) is -4.60. The van der Waals surface area contributed by atoms with Crippen LogP contribution in [0.15, 0.2) is 69.4 Å². The van der Waals surface area contributed by atoms with E-state index < -0.39 is 28.6 Å². The maximum atomic E-state index is 13.5. The molecule has 1 unspecified atom stereocenters. The average Bonchev–Trinajstić information content (AvgIpc) is 3.37. The Morgan fingerprint density at radius 2 is 1.58 bits per heavy atom. The third-order valence-corrected chi connectivity index (χ3v) is 7.13. The van der Waals surface area contributed by atoms with Crippen molar-refractivity contribution in [2.45, 2.75) is 28.9 Å². The predicted molar refractivity (Wildman–Crippen MR) is 129 cm³/mol. The molecule has 190 valence electrons. The second kappa shape index (κ2) is 10.2. The molecule has 0 radical (unpaired) electrons. The molecule has 2 atom stereocenters. The number of hydrogen-bond donors (Lipinski definition) is 0. The van der Waals surface area contributed by atoms with Gasteiger partial charge < -0.3 is 18.9 Å². The van der Waals surface area contributed by atoms with Crippen LogP contribution in [-0.4, -0.2) is 38.0 Å². The van der Waals surface area contributed by atoms with Gasteiger partial charge in [-0.3, -0.25) is 0 Å². The fourth-order valence-electron chi connectivity index (χ4n) is 3.80. The lowest BCUT2D eigenvalue weighted by Gasteiger charge is -2.15. The zero-order valence-electron chi connectivity index (χ0n) is 20.0. The highest BCUT2D eigenvalue weighted by molar-refractivity contribution is 7.85. The molecule has 1 heterocycles. The topological polar surface area (TPSA) is 66.4 Å². The van der Waals surface area contributed by atoms with Crippen LogP contribution in [-0.2, 0) is 21.7 Å². The smallest absolute Gasteiger partial charge is 0.416 e. The molecule has 3 aromatic rings. The highest BCUT2D eigenvalue weighted by atomic mass is 32.2. The first kappa shape index (κ1) is 25.6. The van der Waals surface area contributed by atoms with E-state index in [-0.39, 0.29) is 23.0 Å². The van der Waals surface area contributed by atoms with Gasteiger partial charge in [-0.2, -0.15) is 13.2 Å². The Morgan fingerprint density at radius 1 is 0.944 bits per heavy atom. The van der Waals surface area contributed by atoms with Crippen molar-refractivity contribution in [1.82, 2.24) is 0 Å². The Morgan fingerprint density at radius 3 is 2.14 bits per heavy atom. The molecule has 0 spiro atoms. The normalized spacial score (nSPS) is 16.2. The fraction of sp³-hybridized carbons (Fsp3) is 0.269. The van der Waals surface area contributed by atoms with E-state index in [4.69, 9.17) is 18.9 Å². The van der Waals surface area contributed by atoms with Crippen LogP contribution in [0, 0.1) is 6.92 Å². The molecule has 10 heteroatoms. The van der Waals surface area contributed by atoms with Gasteiger partial charge in [0.25, 0.3) is 0 Å². The Labute approximate surface area is 209 Å². The number of rotatable bonds is 7. The van der Waals surface area contributed by atoms with Crippen molar-refractivity contribution >= 4 is 16.7 Å². The Kier molecular flexibility index (Phi) is 7.26. The van der Waals surface area contributed by atoms with Crippen molar-refractivity contribution in [3.8, 4) is 17.2 Å². The van der Waals surface area contributed by atoms with Gasteiger partial charge in [0.1, 0.15) is 12.6 Å². The van der Waals surface area contributed by atoms with E-state index >= 15 is 0 Å². The number of benzene rings is 3. The zero-order chi connectivity index (χ0) is 26.0. The molecule has 36 heavy (non-hydrogen) atoms. The van der Waals surface area contributed by atoms with Crippen molar-refractivity contribution in [1.29, 1.82) is 0 Å². The molecule has 0 aliphatic carbocycles. The molecule has 0 fully saturated rings. The molecule has 0 N–H and O–H groups in total. The van der Waals surface area contributed by atoms with Crippen molar-refractivity contribution < 1.29 is 36.3 Å². The number of aryl methyl sites for hydroxylation is 1. The summed E-state index contributed by atoms with van der Waals surface area (Å²) in [6.45, 7) is 2.00. The van der Waals surface area contributed by atoms with Crippen LogP contribution in [0.2, 0.25) is 0 Å². The molecule has 4 rings (SSSR count). The molecule has 0 saturated carbocycles. The summed E-state index contributed by atoms with van der Waals surface area (Å²) >= 11 is 0. The van der Waals surface area contributed by atoms with Gasteiger partial charge in [0.05, 0.1) is 48.2 Å². The van der Waals surface area contributed by atoms with E-state index in [1.807, 2.05) is 6.92 Å². The maximum Gasteiger partial charge on any atom is 0.416 e. The molecule has 1 aliphatic rings. The summed E-state index contributed by atoms with van der Waals surface area (Å²) in [6, 6.07) is 12.8. The molecule has 6 nitrogen and oxygen atoms in total. The van der Waals surface area contributed by atoms with Gasteiger partial charge in [-0.05, 0) is 55.0 Å². The van der Waals surface area contributed by atoms with E-state index in [2.05, 4.69) is 4.99 Å². The lowest BCUT2D eigenvalue weighted by atomic mass is 10.1. The number of alkyl halides is 3. The van der Waals surface area contributed by atoms with Gasteiger partial charge in [-0.1, -0.05) is 17.7 Å². The summed E-state index contributed by atoms with van der Waals surface area (Å²) in [5.41, 5.74) is 0.975. The summed E-state index contributed by atoms with van der Waals surface area (Å²) in [7, 11) is 2.59. The van der Waals surface area contributed by atoms with Gasteiger partial charge in [0.15, 0.2) is 11.5 Å². The number of hydrogen-bond acceptors (Lipinski definition) is 6. The molecule has 0 bridgehead atoms. The summed E-state index contributed by atoms with van der Waals surface area (Å²) in [5, 5.41) is 0. The number of nitrogens with zero attached hydrogens (tertiary/aromatic N) is 1. The number of halogens is 3. The first-order valence-corrected chi connectivity index (χ1v) is 12.0. The molecule has 0 saturated heterocycles. The van der Waals surface area contributed by atoms with Crippen LogP contribution >= 0.6 is 0 Å². The van der Waals surface area contributed by atoms with E-state index in [9.17, 15) is 17.4 Å². The van der Waals surface area contributed by atoms with Gasteiger partial charge >= 0.3 is 6.18 Å². The molecule has 3 aromatic carbocycles. The van der Waals surface area contributed by atoms with Crippen molar-refractivity contribution in [2.75, 3.05) is 27.9 Å². The maximum absolute atomic E-state index is 13.5. The SMILES string of the molecule is COc1cc(C2COC(c3ccc(C(F)(F)F)cc3[S@@](=O)c3ccc(C)cc3)=N2)cc(OC)c1OC. The summed E-state index contributed by atoms with van der Waals surface area (Å²) in [5.74, 6) is 1.40. The standard InChI is InChI=1S/C26H24F3NO5S/c1-15-5-8-18(9-6-15)36(31)23-13-17(26(27,28)29)7-10-19(23)25-30-20(14-35-25)16-11-21(32-2)24(34-4)22(12-16)33-3/h5-13,20H,14H2,1-4H3/t20?,36-/m0/s1. The summed E-state index contributed by atoms with van der Waals surface area (Å²) in [4.78, 5) is 4.95. The first-order chi connectivity index (χ1) is 17.2. The second-order valence-electron chi connectivity index (χ2n) is 8.01. The summed E-state index contributed by atoms with van der Waals surface area (Å²) < 4.78 is 75.8. The fourth-order valence-corrected chi connectivity index (χ4v) is 5.03. The van der Waals surface area contributed by atoms with Crippen molar-refractivity contribution in [3.05, 3.63) is 76.9 Å². The molecule has 0 aromatic heterocycles. The van der Waals surface area contributed by atoms with Crippen molar-refractivity contribution in [3.63, 3.8) is 0 Å². The molecule has 1 aliphatic heterocycles. The predicted octanol–water partition coefficient (Wildman–Crippen LogP) is 5.72. The van der Waals surface area contributed by atoms with Crippen LogP contribution in [0.4, 0.5) is 13.2 Å². The number of methoxy groups -OCH3 is 3. The molecule has 0 amide bonds. The molecular weight excluding hydrogens is 495 g/mol. The van der Waals surface area contributed by atoms with E-state index in [1.165, 1.54) is 27.4 Å². The van der Waals surface area contributed by atoms with Gasteiger partial charge in [-0.25, -0.2) is 9.20 Å².